The predicted octanol–water partition coefficient (Wildman–Crippen LogP) is 3.24. The molecule has 0 aliphatic carbocycles. The summed E-state index contributed by atoms with van der Waals surface area (Å²) >= 11 is 0. The summed E-state index contributed by atoms with van der Waals surface area (Å²) in [4.78, 5) is 13.0. The number of phenols is 1. The molecular weight excluding hydrogens is 384 g/mol. The van der Waals surface area contributed by atoms with Crippen molar-refractivity contribution in [2.24, 2.45) is 5.41 Å². The number of nitrogens with zero attached hydrogens (tertiary/aromatic N) is 5. The quantitative estimate of drug-likeness (QED) is 0.606. The number of amides is 1. The Labute approximate surface area is 173 Å². The van der Waals surface area contributed by atoms with Crippen LogP contribution >= 0.6 is 0 Å². The third-order valence-corrected chi connectivity index (χ3v) is 5.47. The predicted molar refractivity (Wildman–Crippen MR) is 112 cm³/mol. The van der Waals surface area contributed by atoms with E-state index in [1.165, 1.54) is 4.90 Å². The van der Waals surface area contributed by atoms with Gasteiger partial charge in [0.1, 0.15) is 5.75 Å². The van der Waals surface area contributed by atoms with Gasteiger partial charge in [-0.1, -0.05) is 32.9 Å². The van der Waals surface area contributed by atoms with Crippen LogP contribution in [0, 0.1) is 5.41 Å². The number of likely N-dealkylation sites (tertiary alicyclic amines) is 1. The van der Waals surface area contributed by atoms with Crippen molar-refractivity contribution in [3.05, 3.63) is 42.7 Å². The van der Waals surface area contributed by atoms with Crippen molar-refractivity contribution < 1.29 is 15.0 Å². The number of carboxylic acid groups (broad SMARTS) is 1. The van der Waals surface area contributed by atoms with Crippen molar-refractivity contribution in [1.29, 1.82) is 0 Å². The van der Waals surface area contributed by atoms with Crippen LogP contribution in [0.2, 0.25) is 0 Å². The second kappa shape index (κ2) is 7.01. The summed E-state index contributed by atoms with van der Waals surface area (Å²) in [7, 11) is 0. The number of benzene rings is 1. The Morgan fingerprint density at radius 1 is 1.20 bits per heavy atom. The average Bonchev–Trinajstić information content (AvgIpc) is 3.09. The number of para-hydroxylation sites is 1. The molecule has 4 N–H and O–H groups in total. The Hall–Kier alpha value is -3.62. The van der Waals surface area contributed by atoms with E-state index in [1.807, 2.05) is 33.0 Å². The van der Waals surface area contributed by atoms with Gasteiger partial charge in [-0.2, -0.15) is 5.10 Å². The van der Waals surface area contributed by atoms with Gasteiger partial charge >= 0.3 is 6.09 Å². The van der Waals surface area contributed by atoms with Crippen LogP contribution in [-0.2, 0) is 0 Å². The van der Waals surface area contributed by atoms with Crippen molar-refractivity contribution in [1.82, 2.24) is 24.9 Å². The first-order valence-corrected chi connectivity index (χ1v) is 9.62. The third kappa shape index (κ3) is 3.32. The highest BCUT2D eigenvalue weighted by Gasteiger charge is 2.49. The maximum absolute atomic E-state index is 11.5. The highest BCUT2D eigenvalue weighted by atomic mass is 16.4. The van der Waals surface area contributed by atoms with E-state index in [1.54, 1.807) is 35.1 Å². The van der Waals surface area contributed by atoms with E-state index in [2.05, 4.69) is 15.3 Å². The van der Waals surface area contributed by atoms with Crippen LogP contribution in [0.1, 0.15) is 26.8 Å². The second-order valence-electron chi connectivity index (χ2n) is 8.57. The molecule has 1 saturated heterocycles. The Kier molecular flexibility index (Phi) is 4.60. The van der Waals surface area contributed by atoms with Crippen LogP contribution in [0.25, 0.3) is 22.4 Å². The first kappa shape index (κ1) is 19.7. The fourth-order valence-corrected chi connectivity index (χ4v) is 4.07. The molecule has 30 heavy (non-hydrogen) atoms. The Morgan fingerprint density at radius 2 is 1.93 bits per heavy atom. The number of hydrogen-bond donors (Lipinski definition) is 3. The summed E-state index contributed by atoms with van der Waals surface area (Å²) < 4.78 is 1.80. The Bertz CT molecular complexity index is 1100. The first-order chi connectivity index (χ1) is 14.2. The zero-order valence-electron chi connectivity index (χ0n) is 17.0. The van der Waals surface area contributed by atoms with Gasteiger partial charge in [0.2, 0.25) is 0 Å². The van der Waals surface area contributed by atoms with Crippen molar-refractivity contribution in [3.63, 3.8) is 0 Å². The van der Waals surface area contributed by atoms with Crippen LogP contribution in [0.5, 0.6) is 5.75 Å². The molecule has 2 aromatic heterocycles. The molecule has 1 fully saturated rings. The lowest BCUT2D eigenvalue weighted by Gasteiger charge is -2.52. The molecule has 0 radical (unpaired) electrons. The van der Waals surface area contributed by atoms with Gasteiger partial charge < -0.3 is 20.8 Å². The van der Waals surface area contributed by atoms with Crippen LogP contribution in [0.15, 0.2) is 42.7 Å². The minimum absolute atomic E-state index is 0.0662. The second-order valence-corrected chi connectivity index (χ2v) is 8.57. The smallest absolute Gasteiger partial charge is 0.407 e. The summed E-state index contributed by atoms with van der Waals surface area (Å²) in [6, 6.07) is 8.40. The Morgan fingerprint density at radius 3 is 2.60 bits per heavy atom. The van der Waals surface area contributed by atoms with Crippen molar-refractivity contribution >= 4 is 11.9 Å². The molecule has 156 valence electrons. The fourth-order valence-electron chi connectivity index (χ4n) is 4.07. The minimum atomic E-state index is -0.923. The van der Waals surface area contributed by atoms with Gasteiger partial charge in [0.05, 0.1) is 24.0 Å². The molecule has 1 aromatic carbocycles. The SMILES string of the molecule is CC(C)(C)C1C(n2cc(-c3cc(-c4ccccc4O)nnc3N)cn2)CN1C(=O)O. The number of aromatic hydroxyl groups is 1. The van der Waals surface area contributed by atoms with E-state index in [-0.39, 0.29) is 29.1 Å². The lowest BCUT2D eigenvalue weighted by molar-refractivity contribution is -0.0319. The molecule has 3 aromatic rings. The molecule has 2 atom stereocenters. The van der Waals surface area contributed by atoms with Gasteiger partial charge in [-0.3, -0.25) is 4.68 Å². The summed E-state index contributed by atoms with van der Waals surface area (Å²) in [5.74, 6) is 0.358. The van der Waals surface area contributed by atoms with Gasteiger partial charge in [-0.25, -0.2) is 4.79 Å². The van der Waals surface area contributed by atoms with Gasteiger partial charge in [-0.05, 0) is 23.6 Å². The minimum Gasteiger partial charge on any atom is -0.507 e. The highest BCUT2D eigenvalue weighted by molar-refractivity contribution is 5.78. The summed E-state index contributed by atoms with van der Waals surface area (Å²) in [6.07, 6.45) is 2.61. The molecule has 9 nitrogen and oxygen atoms in total. The summed E-state index contributed by atoms with van der Waals surface area (Å²) in [6.45, 7) is 6.44. The fraction of sp³-hybridized carbons (Fsp3) is 0.333. The molecule has 3 heterocycles. The third-order valence-electron chi connectivity index (χ3n) is 5.47. The summed E-state index contributed by atoms with van der Waals surface area (Å²) in [5.41, 5.74) is 8.29. The Balaban J connectivity index is 1.67. The van der Waals surface area contributed by atoms with Gasteiger partial charge in [0, 0.05) is 29.4 Å². The van der Waals surface area contributed by atoms with E-state index in [0.717, 1.165) is 5.56 Å². The van der Waals surface area contributed by atoms with Crippen molar-refractivity contribution in [2.75, 3.05) is 12.3 Å². The van der Waals surface area contributed by atoms with E-state index in [9.17, 15) is 15.0 Å². The molecule has 0 bridgehead atoms. The van der Waals surface area contributed by atoms with E-state index in [4.69, 9.17) is 5.73 Å². The largest absolute Gasteiger partial charge is 0.507 e. The zero-order chi connectivity index (χ0) is 21.6. The maximum Gasteiger partial charge on any atom is 0.407 e. The molecule has 1 amide bonds. The number of nitrogens with two attached hydrogens (primary N) is 1. The summed E-state index contributed by atoms with van der Waals surface area (Å²) in [5, 5.41) is 32.2. The van der Waals surface area contributed by atoms with E-state index in [0.29, 0.717) is 23.4 Å². The molecule has 9 heteroatoms. The van der Waals surface area contributed by atoms with E-state index >= 15 is 0 Å². The lowest BCUT2D eigenvalue weighted by atomic mass is 9.76. The molecule has 1 aliphatic rings. The average molecular weight is 408 g/mol. The van der Waals surface area contributed by atoms with Gasteiger partial charge in [0.25, 0.3) is 0 Å². The maximum atomic E-state index is 11.5. The number of anilines is 1. The monoisotopic (exact) mass is 408 g/mol. The first-order valence-electron chi connectivity index (χ1n) is 9.62. The molecule has 0 saturated carbocycles. The molecule has 2 unspecified atom stereocenters. The molecule has 4 rings (SSSR count). The number of carbonyl (C=O) groups is 1. The van der Waals surface area contributed by atoms with Crippen molar-refractivity contribution in [2.45, 2.75) is 32.9 Å². The highest BCUT2D eigenvalue weighted by Crippen LogP contribution is 2.41. The number of phenolic OH excluding ortho intramolecular Hbond substituents is 1. The molecule has 0 spiro atoms. The number of aromatic nitrogens is 4. The lowest BCUT2D eigenvalue weighted by Crippen LogP contribution is -2.63. The zero-order valence-corrected chi connectivity index (χ0v) is 17.0. The normalized spacial score (nSPS) is 18.8. The molecular formula is C21H24N6O3. The van der Waals surface area contributed by atoms with Crippen LogP contribution in [0.3, 0.4) is 0 Å². The van der Waals surface area contributed by atoms with E-state index < -0.39 is 6.09 Å². The van der Waals surface area contributed by atoms with Crippen LogP contribution in [-0.4, -0.2) is 53.8 Å². The van der Waals surface area contributed by atoms with Gasteiger partial charge in [0.15, 0.2) is 5.82 Å². The van der Waals surface area contributed by atoms with Crippen LogP contribution in [0.4, 0.5) is 10.6 Å². The number of hydrogen-bond acceptors (Lipinski definition) is 6. The number of nitrogen functional groups attached to an aromatic ring is 1. The standard InChI is InChI=1S/C21H24N6O3/c1-21(2,3)18-16(11-26(18)20(29)30)27-10-12(9-23-27)14-8-15(24-25-19(14)22)13-6-4-5-7-17(13)28/h4-10,16,18,28H,11H2,1-3H3,(H2,22,25)(H,29,30). The number of rotatable bonds is 3. The topological polar surface area (TPSA) is 130 Å². The van der Waals surface area contributed by atoms with Crippen molar-refractivity contribution in [3.8, 4) is 28.1 Å². The molecule has 1 aliphatic heterocycles. The van der Waals surface area contributed by atoms with Gasteiger partial charge in [-0.15, -0.1) is 10.2 Å². The van der Waals surface area contributed by atoms with Crippen LogP contribution < -0.4 is 5.73 Å².